The number of aromatic nitrogens is 2. The molecule has 1 aliphatic rings. The summed E-state index contributed by atoms with van der Waals surface area (Å²) in [6, 6.07) is 12.5. The van der Waals surface area contributed by atoms with Crippen molar-refractivity contribution in [2.24, 2.45) is 0 Å². The zero-order chi connectivity index (χ0) is 19.7. The molecule has 0 aliphatic heterocycles. The van der Waals surface area contributed by atoms with Crippen LogP contribution in [0.15, 0.2) is 57.9 Å². The van der Waals surface area contributed by atoms with Crippen molar-refractivity contribution in [3.63, 3.8) is 0 Å². The molecule has 146 valence electrons. The number of nitrogens with zero attached hydrogens (tertiary/aromatic N) is 2. The Hall–Kier alpha value is -2.74. The van der Waals surface area contributed by atoms with E-state index in [1.54, 1.807) is 36.4 Å². The molecule has 1 saturated carbocycles. The van der Waals surface area contributed by atoms with Crippen molar-refractivity contribution >= 4 is 9.84 Å². The molecule has 0 saturated heterocycles. The normalized spacial score (nSPS) is 19.2. The van der Waals surface area contributed by atoms with E-state index in [4.69, 9.17) is 9.26 Å². The number of benzene rings is 2. The summed E-state index contributed by atoms with van der Waals surface area (Å²) in [5.74, 6) is 0.698. The second-order valence-corrected chi connectivity index (χ2v) is 8.87. The minimum absolute atomic E-state index is 0.110. The van der Waals surface area contributed by atoms with Gasteiger partial charge in [0.15, 0.2) is 9.84 Å². The van der Waals surface area contributed by atoms with E-state index in [2.05, 4.69) is 10.1 Å². The van der Waals surface area contributed by atoms with Gasteiger partial charge in [0.2, 0.25) is 11.7 Å². The number of sulfone groups is 1. The molecule has 28 heavy (non-hydrogen) atoms. The maximum atomic E-state index is 13.0. The minimum Gasteiger partial charge on any atom is -0.493 e. The molecule has 1 aromatic heterocycles. The quantitative estimate of drug-likeness (QED) is 0.620. The third-order valence-electron chi connectivity index (χ3n) is 4.88. The monoisotopic (exact) mass is 402 g/mol. The summed E-state index contributed by atoms with van der Waals surface area (Å²) >= 11 is 0. The Bertz CT molecular complexity index is 1070. The second kappa shape index (κ2) is 7.35. The number of hydrogen-bond donors (Lipinski definition) is 0. The molecule has 6 nitrogen and oxygen atoms in total. The van der Waals surface area contributed by atoms with Crippen LogP contribution in [0.2, 0.25) is 0 Å². The fraction of sp³-hybridized carbons (Fsp3) is 0.300. The lowest BCUT2D eigenvalue weighted by Crippen LogP contribution is -2.35. The van der Waals surface area contributed by atoms with Crippen molar-refractivity contribution in [1.82, 2.24) is 10.1 Å². The van der Waals surface area contributed by atoms with E-state index in [-0.39, 0.29) is 16.6 Å². The van der Waals surface area contributed by atoms with Gasteiger partial charge in [-0.2, -0.15) is 4.98 Å². The highest BCUT2D eigenvalue weighted by molar-refractivity contribution is 7.92. The Morgan fingerprint density at radius 3 is 2.57 bits per heavy atom. The highest BCUT2D eigenvalue weighted by Crippen LogP contribution is 2.44. The lowest BCUT2D eigenvalue weighted by molar-refractivity contribution is 0.292. The molecule has 2 aromatic carbocycles. The van der Waals surface area contributed by atoms with Crippen molar-refractivity contribution in [2.75, 3.05) is 6.61 Å². The molecule has 0 amide bonds. The summed E-state index contributed by atoms with van der Waals surface area (Å²) in [6.07, 6.45) is 0.821. The smallest absolute Gasteiger partial charge is 0.230 e. The van der Waals surface area contributed by atoms with Crippen LogP contribution < -0.4 is 4.74 Å². The molecule has 0 N–H and O–H groups in total. The van der Waals surface area contributed by atoms with Crippen LogP contribution in [0.1, 0.15) is 31.6 Å². The van der Waals surface area contributed by atoms with E-state index in [9.17, 15) is 12.8 Å². The van der Waals surface area contributed by atoms with Crippen LogP contribution in [-0.2, 0) is 9.84 Å². The molecule has 1 heterocycles. The Balaban J connectivity index is 1.48. The van der Waals surface area contributed by atoms with Crippen molar-refractivity contribution < 1.29 is 22.1 Å². The highest BCUT2D eigenvalue weighted by atomic mass is 32.2. The standard InChI is InChI=1S/C20H19FN2O4S/c1-2-26-17-5-3-4-6-18(17)28(24,25)16-11-14(12-16)20-22-19(23-27-20)13-7-9-15(21)10-8-13/h3-10,14,16H,2,11-12H2,1H3. The molecular weight excluding hydrogens is 383 g/mol. The van der Waals surface area contributed by atoms with Crippen molar-refractivity contribution in [1.29, 1.82) is 0 Å². The van der Waals surface area contributed by atoms with Crippen molar-refractivity contribution in [2.45, 2.75) is 35.8 Å². The van der Waals surface area contributed by atoms with Crippen LogP contribution >= 0.6 is 0 Å². The summed E-state index contributed by atoms with van der Waals surface area (Å²) in [5, 5.41) is 3.41. The third-order valence-corrected chi connectivity index (χ3v) is 7.10. The van der Waals surface area contributed by atoms with Gasteiger partial charge in [0.05, 0.1) is 11.9 Å². The van der Waals surface area contributed by atoms with Crippen LogP contribution in [-0.4, -0.2) is 30.4 Å². The van der Waals surface area contributed by atoms with Gasteiger partial charge < -0.3 is 9.26 Å². The van der Waals surface area contributed by atoms with E-state index < -0.39 is 15.1 Å². The van der Waals surface area contributed by atoms with Gasteiger partial charge in [-0.3, -0.25) is 0 Å². The molecule has 0 unspecified atom stereocenters. The van der Waals surface area contributed by atoms with Gasteiger partial charge in [-0.15, -0.1) is 0 Å². The summed E-state index contributed by atoms with van der Waals surface area (Å²) in [6.45, 7) is 2.21. The fourth-order valence-electron chi connectivity index (χ4n) is 3.28. The summed E-state index contributed by atoms with van der Waals surface area (Å²) in [7, 11) is -3.50. The summed E-state index contributed by atoms with van der Waals surface area (Å²) in [5.41, 5.74) is 0.644. The van der Waals surface area contributed by atoms with Gasteiger partial charge in [-0.1, -0.05) is 17.3 Å². The molecule has 0 spiro atoms. The first-order valence-corrected chi connectivity index (χ1v) is 10.6. The average molecular weight is 402 g/mol. The summed E-state index contributed by atoms with van der Waals surface area (Å²) in [4.78, 5) is 4.57. The van der Waals surface area contributed by atoms with Gasteiger partial charge >= 0.3 is 0 Å². The molecule has 3 aromatic rings. The molecule has 0 atom stereocenters. The maximum absolute atomic E-state index is 13.0. The van der Waals surface area contributed by atoms with Crippen molar-refractivity contribution in [3.05, 3.63) is 60.2 Å². The number of ether oxygens (including phenoxy) is 1. The molecular formula is C20H19FN2O4S. The fourth-order valence-corrected chi connectivity index (χ4v) is 5.28. The maximum Gasteiger partial charge on any atom is 0.230 e. The van der Waals surface area contributed by atoms with E-state index in [1.165, 1.54) is 12.1 Å². The summed E-state index contributed by atoms with van der Waals surface area (Å²) < 4.78 is 49.7. The zero-order valence-corrected chi connectivity index (χ0v) is 16.0. The van der Waals surface area contributed by atoms with E-state index in [1.807, 2.05) is 6.92 Å². The average Bonchev–Trinajstić information content (AvgIpc) is 3.11. The Morgan fingerprint density at radius 1 is 1.14 bits per heavy atom. The molecule has 0 bridgehead atoms. The van der Waals surface area contributed by atoms with Gasteiger partial charge in [0, 0.05) is 11.5 Å². The number of rotatable bonds is 6. The lowest BCUT2D eigenvalue weighted by atomic mass is 9.85. The van der Waals surface area contributed by atoms with Gasteiger partial charge in [-0.05, 0) is 56.2 Å². The molecule has 8 heteroatoms. The largest absolute Gasteiger partial charge is 0.493 e. The molecule has 0 radical (unpaired) electrons. The van der Waals surface area contributed by atoms with Crippen LogP contribution in [0, 0.1) is 5.82 Å². The lowest BCUT2D eigenvalue weighted by Gasteiger charge is -2.32. The first-order valence-electron chi connectivity index (χ1n) is 9.04. The van der Waals surface area contributed by atoms with Gasteiger partial charge in [-0.25, -0.2) is 12.8 Å². The number of hydrogen-bond acceptors (Lipinski definition) is 6. The Kier molecular flexibility index (Phi) is 4.89. The topological polar surface area (TPSA) is 82.3 Å². The first kappa shape index (κ1) is 18.6. The predicted molar refractivity (Wildman–Crippen MR) is 100 cm³/mol. The van der Waals surface area contributed by atoms with Gasteiger partial charge in [0.25, 0.3) is 0 Å². The molecule has 4 rings (SSSR count). The minimum atomic E-state index is -3.50. The van der Waals surface area contributed by atoms with Crippen LogP contribution in [0.25, 0.3) is 11.4 Å². The first-order chi connectivity index (χ1) is 13.5. The Labute approximate surface area is 162 Å². The van der Waals surface area contributed by atoms with E-state index in [0.29, 0.717) is 42.5 Å². The molecule has 1 fully saturated rings. The SMILES string of the molecule is CCOc1ccccc1S(=O)(=O)C1CC(c2nc(-c3ccc(F)cc3)no2)C1. The van der Waals surface area contributed by atoms with Crippen molar-refractivity contribution in [3.8, 4) is 17.1 Å². The predicted octanol–water partition coefficient (Wildman–Crippen LogP) is 3.99. The molecule has 1 aliphatic carbocycles. The third kappa shape index (κ3) is 3.40. The second-order valence-electron chi connectivity index (χ2n) is 6.68. The van der Waals surface area contributed by atoms with E-state index in [0.717, 1.165) is 0 Å². The van der Waals surface area contributed by atoms with Crippen LogP contribution in [0.5, 0.6) is 5.75 Å². The van der Waals surface area contributed by atoms with E-state index >= 15 is 0 Å². The number of para-hydroxylation sites is 1. The van der Waals surface area contributed by atoms with Crippen LogP contribution in [0.4, 0.5) is 4.39 Å². The highest BCUT2D eigenvalue weighted by Gasteiger charge is 2.43. The zero-order valence-electron chi connectivity index (χ0n) is 15.2. The Morgan fingerprint density at radius 2 is 1.86 bits per heavy atom. The van der Waals surface area contributed by atoms with Gasteiger partial charge in [0.1, 0.15) is 16.5 Å². The van der Waals surface area contributed by atoms with Crippen LogP contribution in [0.3, 0.4) is 0 Å². The number of halogens is 1.